The quantitative estimate of drug-likeness (QED) is 0.870. The lowest BCUT2D eigenvalue weighted by Crippen LogP contribution is -2.31. The summed E-state index contributed by atoms with van der Waals surface area (Å²) >= 11 is 0. The van der Waals surface area contributed by atoms with Gasteiger partial charge >= 0.3 is 0 Å². The number of aromatic hydroxyl groups is 1. The van der Waals surface area contributed by atoms with Crippen molar-refractivity contribution in [1.29, 1.82) is 0 Å². The molecule has 2 rings (SSSR count). The fraction of sp³-hybridized carbons (Fsp3) is 0.571. The summed E-state index contributed by atoms with van der Waals surface area (Å²) in [5, 5.41) is 9.80. The van der Waals surface area contributed by atoms with E-state index >= 15 is 0 Å². The van der Waals surface area contributed by atoms with Crippen LogP contribution in [-0.2, 0) is 0 Å². The molecule has 0 aromatic heterocycles. The van der Waals surface area contributed by atoms with Gasteiger partial charge in [0.2, 0.25) is 0 Å². The molecule has 94 valence electrons. The maximum atomic E-state index is 13.2. The second kappa shape index (κ2) is 5.05. The summed E-state index contributed by atoms with van der Waals surface area (Å²) in [6.07, 6.45) is 4.96. The fourth-order valence-corrected chi connectivity index (χ4v) is 2.71. The first-order valence-corrected chi connectivity index (χ1v) is 6.30. The molecule has 0 bridgehead atoms. The average Bonchev–Trinajstić information content (AvgIpc) is 2.84. The minimum absolute atomic E-state index is 0.0498. The first-order chi connectivity index (χ1) is 8.09. The molecule has 1 atom stereocenters. The van der Waals surface area contributed by atoms with Crippen LogP contribution in [0.1, 0.15) is 44.2 Å². The molecule has 0 radical (unpaired) electrons. The van der Waals surface area contributed by atoms with Gasteiger partial charge in [0.05, 0.1) is 0 Å². The number of phenolic OH excluding ortho intramolecular Hbond substituents is 1. The molecule has 1 saturated carbocycles. The van der Waals surface area contributed by atoms with Crippen LogP contribution in [0.5, 0.6) is 5.75 Å². The van der Waals surface area contributed by atoms with Crippen molar-refractivity contribution in [3.8, 4) is 5.75 Å². The van der Waals surface area contributed by atoms with E-state index in [-0.39, 0.29) is 17.6 Å². The third-order valence-electron chi connectivity index (χ3n) is 3.95. The van der Waals surface area contributed by atoms with Gasteiger partial charge in [-0.05, 0) is 45.0 Å². The van der Waals surface area contributed by atoms with Gasteiger partial charge in [0, 0.05) is 17.6 Å². The molecular weight excluding hydrogens is 217 g/mol. The lowest BCUT2D eigenvalue weighted by Gasteiger charge is -2.31. The predicted octanol–water partition coefficient (Wildman–Crippen LogP) is 3.47. The molecule has 3 heteroatoms. The molecule has 1 unspecified atom stereocenters. The van der Waals surface area contributed by atoms with Crippen LogP contribution >= 0.6 is 0 Å². The van der Waals surface area contributed by atoms with Crippen LogP contribution in [0.25, 0.3) is 0 Å². The molecule has 0 saturated heterocycles. The van der Waals surface area contributed by atoms with Crippen molar-refractivity contribution in [3.05, 3.63) is 29.6 Å². The van der Waals surface area contributed by atoms with Gasteiger partial charge < -0.3 is 5.11 Å². The number of nitrogens with zero attached hydrogens (tertiary/aromatic N) is 1. The average molecular weight is 237 g/mol. The van der Waals surface area contributed by atoms with E-state index in [1.165, 1.54) is 43.9 Å². The van der Waals surface area contributed by atoms with E-state index in [4.69, 9.17) is 0 Å². The van der Waals surface area contributed by atoms with Gasteiger partial charge in [-0.2, -0.15) is 0 Å². The molecule has 17 heavy (non-hydrogen) atoms. The summed E-state index contributed by atoms with van der Waals surface area (Å²) in [7, 11) is 2.06. The van der Waals surface area contributed by atoms with Gasteiger partial charge in [0.15, 0.2) is 0 Å². The van der Waals surface area contributed by atoms with Gasteiger partial charge in [-0.3, -0.25) is 4.90 Å². The van der Waals surface area contributed by atoms with Gasteiger partial charge in [-0.15, -0.1) is 0 Å². The highest BCUT2D eigenvalue weighted by Crippen LogP contribution is 2.33. The number of rotatable bonds is 3. The van der Waals surface area contributed by atoms with Crippen molar-refractivity contribution >= 4 is 0 Å². The molecule has 0 aliphatic heterocycles. The number of halogens is 1. The second-order valence-corrected chi connectivity index (χ2v) is 4.98. The predicted molar refractivity (Wildman–Crippen MR) is 66.5 cm³/mol. The van der Waals surface area contributed by atoms with Crippen molar-refractivity contribution in [2.45, 2.75) is 44.7 Å². The Morgan fingerprint density at radius 3 is 2.65 bits per heavy atom. The van der Waals surface area contributed by atoms with Crippen LogP contribution in [0.4, 0.5) is 4.39 Å². The summed E-state index contributed by atoms with van der Waals surface area (Å²) in [6.45, 7) is 2.02. The van der Waals surface area contributed by atoms with E-state index < -0.39 is 0 Å². The Hall–Kier alpha value is -1.09. The molecule has 1 fully saturated rings. The van der Waals surface area contributed by atoms with Crippen LogP contribution in [0.3, 0.4) is 0 Å². The normalized spacial score (nSPS) is 18.8. The van der Waals surface area contributed by atoms with E-state index in [0.717, 1.165) is 0 Å². The van der Waals surface area contributed by atoms with E-state index in [1.54, 1.807) is 0 Å². The highest BCUT2D eigenvalue weighted by Gasteiger charge is 2.25. The Bertz CT molecular complexity index is 388. The molecule has 1 aromatic rings. The molecule has 0 amide bonds. The minimum atomic E-state index is -0.288. The Balaban J connectivity index is 2.17. The Kier molecular flexibility index (Phi) is 3.67. The van der Waals surface area contributed by atoms with Crippen LogP contribution in [-0.4, -0.2) is 23.1 Å². The lowest BCUT2D eigenvalue weighted by atomic mass is 10.0. The summed E-state index contributed by atoms with van der Waals surface area (Å²) < 4.78 is 13.2. The zero-order valence-corrected chi connectivity index (χ0v) is 10.5. The van der Waals surface area contributed by atoms with Crippen molar-refractivity contribution in [1.82, 2.24) is 4.90 Å². The second-order valence-electron chi connectivity index (χ2n) is 4.98. The Labute approximate surface area is 102 Å². The lowest BCUT2D eigenvalue weighted by molar-refractivity contribution is 0.184. The zero-order chi connectivity index (χ0) is 12.4. The first kappa shape index (κ1) is 12.4. The van der Waals surface area contributed by atoms with Crippen LogP contribution in [0.15, 0.2) is 18.2 Å². The summed E-state index contributed by atoms with van der Waals surface area (Å²) in [4.78, 5) is 2.25. The Morgan fingerprint density at radius 2 is 2.00 bits per heavy atom. The van der Waals surface area contributed by atoms with E-state index in [2.05, 4.69) is 11.9 Å². The van der Waals surface area contributed by atoms with Gasteiger partial charge in [0.1, 0.15) is 11.6 Å². The fourth-order valence-electron chi connectivity index (χ4n) is 2.71. The van der Waals surface area contributed by atoms with Crippen LogP contribution in [0, 0.1) is 5.82 Å². The molecule has 2 nitrogen and oxygen atoms in total. The number of benzene rings is 1. The molecule has 0 spiro atoms. The third kappa shape index (κ3) is 2.60. The van der Waals surface area contributed by atoms with Gasteiger partial charge in [0.25, 0.3) is 0 Å². The molecule has 0 heterocycles. The molecule has 1 aliphatic carbocycles. The van der Waals surface area contributed by atoms with Crippen molar-refractivity contribution < 1.29 is 9.50 Å². The van der Waals surface area contributed by atoms with Gasteiger partial charge in [-0.25, -0.2) is 4.39 Å². The SMILES string of the molecule is CC(c1cc(F)ccc1O)N(C)C1CCCC1. The number of hydrogen-bond acceptors (Lipinski definition) is 2. The minimum Gasteiger partial charge on any atom is -0.508 e. The summed E-state index contributed by atoms with van der Waals surface area (Å²) in [5.41, 5.74) is 0.680. The van der Waals surface area contributed by atoms with Crippen molar-refractivity contribution in [3.63, 3.8) is 0 Å². The van der Waals surface area contributed by atoms with Gasteiger partial charge in [-0.1, -0.05) is 12.8 Å². The largest absolute Gasteiger partial charge is 0.508 e. The van der Waals surface area contributed by atoms with Crippen LogP contribution < -0.4 is 0 Å². The molecular formula is C14H20FNO. The van der Waals surface area contributed by atoms with Crippen molar-refractivity contribution in [2.75, 3.05) is 7.05 Å². The zero-order valence-electron chi connectivity index (χ0n) is 10.5. The molecule has 1 N–H and O–H groups in total. The highest BCUT2D eigenvalue weighted by atomic mass is 19.1. The molecule has 1 aromatic carbocycles. The standard InChI is InChI=1S/C14H20FNO/c1-10(16(2)12-5-3-4-6-12)13-9-11(15)7-8-14(13)17/h7-10,12,17H,3-6H2,1-2H3. The monoisotopic (exact) mass is 237 g/mol. The maximum Gasteiger partial charge on any atom is 0.123 e. The molecule has 1 aliphatic rings. The number of phenols is 1. The number of hydrogen-bond donors (Lipinski definition) is 1. The topological polar surface area (TPSA) is 23.5 Å². The van der Waals surface area contributed by atoms with Crippen molar-refractivity contribution in [2.24, 2.45) is 0 Å². The van der Waals surface area contributed by atoms with E-state index in [9.17, 15) is 9.50 Å². The van der Waals surface area contributed by atoms with E-state index in [1.807, 2.05) is 6.92 Å². The summed E-state index contributed by atoms with van der Waals surface area (Å²) in [5.74, 6) is -0.104. The smallest absolute Gasteiger partial charge is 0.123 e. The third-order valence-corrected chi connectivity index (χ3v) is 3.95. The summed E-state index contributed by atoms with van der Waals surface area (Å²) in [6, 6.07) is 4.78. The Morgan fingerprint density at radius 1 is 1.35 bits per heavy atom. The highest BCUT2D eigenvalue weighted by molar-refractivity contribution is 5.35. The van der Waals surface area contributed by atoms with E-state index in [0.29, 0.717) is 11.6 Å². The maximum absolute atomic E-state index is 13.2. The van der Waals surface area contributed by atoms with Crippen LogP contribution in [0.2, 0.25) is 0 Å². The first-order valence-electron chi connectivity index (χ1n) is 6.30.